The molecule has 0 amide bonds. The molecule has 18 heavy (non-hydrogen) atoms. The molecule has 0 radical (unpaired) electrons. The first-order valence-electron chi connectivity index (χ1n) is 6.16. The molecule has 0 spiro atoms. The van der Waals surface area contributed by atoms with Crippen LogP contribution in [0.15, 0.2) is 0 Å². The van der Waals surface area contributed by atoms with Crippen molar-refractivity contribution in [2.75, 3.05) is 0 Å². The molecule has 0 unspecified atom stereocenters. The van der Waals surface area contributed by atoms with Gasteiger partial charge in [0.1, 0.15) is 5.69 Å². The molecule has 1 N–H and O–H groups in total. The molecule has 0 fully saturated rings. The number of hydrogen-bond donors (Lipinski definition) is 1. The third kappa shape index (κ3) is 2.44. The highest BCUT2D eigenvalue weighted by molar-refractivity contribution is 7.14. The molecule has 2 aromatic heterocycles. The number of thiazole rings is 1. The van der Waals surface area contributed by atoms with E-state index in [2.05, 4.69) is 22.2 Å². The van der Waals surface area contributed by atoms with Gasteiger partial charge in [0, 0.05) is 4.88 Å². The highest BCUT2D eigenvalue weighted by Crippen LogP contribution is 2.22. The molecular formula is C12H18N4OS. The molecule has 0 saturated heterocycles. The lowest BCUT2D eigenvalue weighted by Crippen LogP contribution is -2.04. The molecule has 0 atom stereocenters. The third-order valence-electron chi connectivity index (χ3n) is 2.96. The van der Waals surface area contributed by atoms with Crippen LogP contribution in [-0.4, -0.2) is 25.1 Å². The molecule has 0 aliphatic carbocycles. The summed E-state index contributed by atoms with van der Waals surface area (Å²) in [7, 11) is 0. The second-order valence-corrected chi connectivity index (χ2v) is 5.48. The third-order valence-corrected chi connectivity index (χ3v) is 4.01. The Bertz CT molecular complexity index is 513. The number of hydrogen-bond acceptors (Lipinski definition) is 5. The zero-order chi connectivity index (χ0) is 13.1. The highest BCUT2D eigenvalue weighted by atomic mass is 32.1. The Balaban J connectivity index is 2.40. The molecule has 2 heterocycles. The lowest BCUT2D eigenvalue weighted by atomic mass is 10.2. The van der Waals surface area contributed by atoms with E-state index in [4.69, 9.17) is 0 Å². The normalized spacial score (nSPS) is 11.1. The van der Waals surface area contributed by atoms with Gasteiger partial charge in [0.15, 0.2) is 0 Å². The number of rotatable bonds is 5. The van der Waals surface area contributed by atoms with E-state index in [-0.39, 0.29) is 6.61 Å². The van der Waals surface area contributed by atoms with Gasteiger partial charge < -0.3 is 5.11 Å². The molecule has 0 bridgehead atoms. The van der Waals surface area contributed by atoms with E-state index in [1.54, 1.807) is 16.0 Å². The molecule has 0 aliphatic heterocycles. The van der Waals surface area contributed by atoms with Crippen molar-refractivity contribution in [3.63, 3.8) is 0 Å². The lowest BCUT2D eigenvalue weighted by Gasteiger charge is -2.03. The van der Waals surface area contributed by atoms with Gasteiger partial charge in [0.25, 0.3) is 0 Å². The van der Waals surface area contributed by atoms with Gasteiger partial charge in [-0.3, -0.25) is 0 Å². The standard InChI is InChI=1S/C12H18N4OS/c1-4-5-6-11-10(7-17)14-15-16(11)12-13-8(2)9(3)18-12/h17H,4-7H2,1-3H3. The zero-order valence-electron chi connectivity index (χ0n) is 11.0. The van der Waals surface area contributed by atoms with Crippen molar-refractivity contribution < 1.29 is 5.11 Å². The first kappa shape index (κ1) is 13.2. The minimum Gasteiger partial charge on any atom is -0.390 e. The van der Waals surface area contributed by atoms with Crippen molar-refractivity contribution in [2.24, 2.45) is 0 Å². The quantitative estimate of drug-likeness (QED) is 0.901. The number of aliphatic hydroxyl groups excluding tert-OH is 1. The lowest BCUT2D eigenvalue weighted by molar-refractivity contribution is 0.275. The molecule has 2 rings (SSSR count). The summed E-state index contributed by atoms with van der Waals surface area (Å²) in [6, 6.07) is 0. The van der Waals surface area contributed by atoms with Crippen LogP contribution in [0.2, 0.25) is 0 Å². The Labute approximate surface area is 110 Å². The van der Waals surface area contributed by atoms with Gasteiger partial charge in [-0.1, -0.05) is 29.9 Å². The van der Waals surface area contributed by atoms with Gasteiger partial charge in [0.05, 0.1) is 18.0 Å². The van der Waals surface area contributed by atoms with E-state index in [0.29, 0.717) is 5.69 Å². The first-order chi connectivity index (χ1) is 8.67. The second-order valence-electron chi connectivity index (χ2n) is 4.29. The fourth-order valence-corrected chi connectivity index (χ4v) is 2.63. The molecular weight excluding hydrogens is 248 g/mol. The van der Waals surface area contributed by atoms with Crippen molar-refractivity contribution in [3.05, 3.63) is 22.0 Å². The predicted octanol–water partition coefficient (Wildman–Crippen LogP) is 2.18. The predicted molar refractivity (Wildman–Crippen MR) is 71.0 cm³/mol. The highest BCUT2D eigenvalue weighted by Gasteiger charge is 2.16. The van der Waals surface area contributed by atoms with Gasteiger partial charge in [0.2, 0.25) is 5.13 Å². The molecule has 0 aromatic carbocycles. The van der Waals surface area contributed by atoms with Crippen molar-refractivity contribution in [1.29, 1.82) is 0 Å². The van der Waals surface area contributed by atoms with Crippen molar-refractivity contribution in [1.82, 2.24) is 20.0 Å². The van der Waals surface area contributed by atoms with Crippen LogP contribution in [0.3, 0.4) is 0 Å². The van der Waals surface area contributed by atoms with Gasteiger partial charge in [-0.2, -0.15) is 4.68 Å². The maximum Gasteiger partial charge on any atom is 0.212 e. The van der Waals surface area contributed by atoms with Gasteiger partial charge in [-0.05, 0) is 26.7 Å². The average Bonchev–Trinajstić information content (AvgIpc) is 2.90. The summed E-state index contributed by atoms with van der Waals surface area (Å²) in [5, 5.41) is 18.3. The summed E-state index contributed by atoms with van der Waals surface area (Å²) < 4.78 is 1.77. The van der Waals surface area contributed by atoms with Gasteiger partial charge in [-0.15, -0.1) is 5.10 Å². The minimum atomic E-state index is -0.0671. The second kappa shape index (κ2) is 5.58. The summed E-state index contributed by atoms with van der Waals surface area (Å²) in [5.74, 6) is 0. The molecule has 5 nitrogen and oxygen atoms in total. The maximum absolute atomic E-state index is 9.30. The molecule has 98 valence electrons. The number of aryl methyl sites for hydroxylation is 2. The smallest absolute Gasteiger partial charge is 0.212 e. The van der Waals surface area contributed by atoms with Gasteiger partial charge >= 0.3 is 0 Å². The van der Waals surface area contributed by atoms with Crippen LogP contribution >= 0.6 is 11.3 Å². The Morgan fingerprint density at radius 2 is 2.11 bits per heavy atom. The summed E-state index contributed by atoms with van der Waals surface area (Å²) in [6.07, 6.45) is 3.03. The van der Waals surface area contributed by atoms with Crippen LogP contribution in [-0.2, 0) is 13.0 Å². The Hall–Kier alpha value is -1.27. The molecule has 6 heteroatoms. The summed E-state index contributed by atoms with van der Waals surface area (Å²) >= 11 is 1.61. The van der Waals surface area contributed by atoms with Crippen LogP contribution in [0, 0.1) is 13.8 Å². The van der Waals surface area contributed by atoms with E-state index in [1.165, 1.54) is 4.88 Å². The summed E-state index contributed by atoms with van der Waals surface area (Å²) in [6.45, 7) is 6.11. The fourth-order valence-electron chi connectivity index (χ4n) is 1.75. The van der Waals surface area contributed by atoms with Crippen LogP contribution in [0.4, 0.5) is 0 Å². The van der Waals surface area contributed by atoms with E-state index < -0.39 is 0 Å². The number of aliphatic hydroxyl groups is 1. The van der Waals surface area contributed by atoms with Crippen LogP contribution in [0.5, 0.6) is 0 Å². The summed E-state index contributed by atoms with van der Waals surface area (Å²) in [4.78, 5) is 5.68. The van der Waals surface area contributed by atoms with Crippen LogP contribution < -0.4 is 0 Å². The zero-order valence-corrected chi connectivity index (χ0v) is 11.8. The average molecular weight is 266 g/mol. The fraction of sp³-hybridized carbons (Fsp3) is 0.583. The minimum absolute atomic E-state index is 0.0671. The van der Waals surface area contributed by atoms with E-state index in [0.717, 1.165) is 35.8 Å². The van der Waals surface area contributed by atoms with Crippen LogP contribution in [0.25, 0.3) is 5.13 Å². The monoisotopic (exact) mass is 266 g/mol. The molecule has 0 saturated carbocycles. The van der Waals surface area contributed by atoms with Crippen molar-refractivity contribution in [2.45, 2.75) is 46.6 Å². The first-order valence-corrected chi connectivity index (χ1v) is 6.97. The Morgan fingerprint density at radius 3 is 2.67 bits per heavy atom. The Kier molecular flexibility index (Phi) is 4.08. The van der Waals surface area contributed by atoms with Crippen molar-refractivity contribution in [3.8, 4) is 5.13 Å². The molecule has 2 aromatic rings. The van der Waals surface area contributed by atoms with E-state index >= 15 is 0 Å². The van der Waals surface area contributed by atoms with Crippen molar-refractivity contribution >= 4 is 11.3 Å². The topological polar surface area (TPSA) is 63.8 Å². The molecule has 0 aliphatic rings. The van der Waals surface area contributed by atoms with Gasteiger partial charge in [-0.25, -0.2) is 4.98 Å². The van der Waals surface area contributed by atoms with Crippen LogP contribution in [0.1, 0.15) is 41.7 Å². The number of aromatic nitrogens is 4. The largest absolute Gasteiger partial charge is 0.390 e. The number of nitrogens with zero attached hydrogens (tertiary/aromatic N) is 4. The maximum atomic E-state index is 9.30. The van der Waals surface area contributed by atoms with E-state index in [1.807, 2.05) is 13.8 Å². The SMILES string of the molecule is CCCCc1c(CO)nnn1-c1nc(C)c(C)s1. The Morgan fingerprint density at radius 1 is 1.33 bits per heavy atom. The van der Waals surface area contributed by atoms with E-state index in [9.17, 15) is 5.11 Å². The number of unbranched alkanes of at least 4 members (excludes halogenated alkanes) is 1. The summed E-state index contributed by atoms with van der Waals surface area (Å²) in [5.41, 5.74) is 2.67.